The number of amides is 3. The van der Waals surface area contributed by atoms with Gasteiger partial charge in [-0.3, -0.25) is 19.7 Å². The average Bonchev–Trinajstić information content (AvgIpc) is 3.32. The van der Waals surface area contributed by atoms with Gasteiger partial charge in [0.05, 0.1) is 5.75 Å². The minimum atomic E-state index is -0.473. The van der Waals surface area contributed by atoms with Gasteiger partial charge in [0.2, 0.25) is 11.0 Å². The fourth-order valence-electron chi connectivity index (χ4n) is 3.17. The lowest BCUT2D eigenvalue weighted by atomic mass is 10.1. The molecule has 3 N–H and O–H groups in total. The summed E-state index contributed by atoms with van der Waals surface area (Å²) in [7, 11) is 0. The van der Waals surface area contributed by atoms with Gasteiger partial charge < -0.3 is 10.6 Å². The third-order valence-corrected chi connectivity index (χ3v) is 6.62. The summed E-state index contributed by atoms with van der Waals surface area (Å²) in [6.45, 7) is 1.81. The van der Waals surface area contributed by atoms with Crippen molar-refractivity contribution in [3.8, 4) is 0 Å². The SMILES string of the molecule is Cc1nnc(NC(=O)CSc2cccc(NC(=O)/C(=C/c3ccccc3)NC(=O)c3ccccc3)c2)s1. The normalized spacial score (nSPS) is 11.0. The zero-order chi connectivity index (χ0) is 26.0. The van der Waals surface area contributed by atoms with Crippen molar-refractivity contribution in [1.82, 2.24) is 15.5 Å². The van der Waals surface area contributed by atoms with Crippen molar-refractivity contribution in [2.24, 2.45) is 0 Å². The smallest absolute Gasteiger partial charge is 0.272 e. The molecule has 37 heavy (non-hydrogen) atoms. The van der Waals surface area contributed by atoms with Crippen LogP contribution in [0.2, 0.25) is 0 Å². The van der Waals surface area contributed by atoms with Crippen molar-refractivity contribution in [3.63, 3.8) is 0 Å². The van der Waals surface area contributed by atoms with Gasteiger partial charge in [-0.05, 0) is 48.9 Å². The molecule has 1 heterocycles. The first-order valence-corrected chi connectivity index (χ1v) is 13.0. The molecule has 0 spiro atoms. The number of rotatable bonds is 9. The molecule has 0 saturated heterocycles. The fourth-order valence-corrected chi connectivity index (χ4v) is 4.53. The van der Waals surface area contributed by atoms with Crippen LogP contribution in [0.1, 0.15) is 20.9 Å². The van der Waals surface area contributed by atoms with Crippen molar-refractivity contribution < 1.29 is 14.4 Å². The Labute approximate surface area is 222 Å². The summed E-state index contributed by atoms with van der Waals surface area (Å²) in [5.74, 6) is -0.895. The number of carbonyl (C=O) groups excluding carboxylic acids is 3. The first-order chi connectivity index (χ1) is 18.0. The highest BCUT2D eigenvalue weighted by Gasteiger charge is 2.15. The highest BCUT2D eigenvalue weighted by atomic mass is 32.2. The molecule has 1 aromatic heterocycles. The predicted molar refractivity (Wildman–Crippen MR) is 147 cm³/mol. The van der Waals surface area contributed by atoms with Gasteiger partial charge >= 0.3 is 0 Å². The first-order valence-electron chi connectivity index (χ1n) is 11.2. The number of aryl methyl sites for hydroxylation is 1. The van der Waals surface area contributed by atoms with Gasteiger partial charge in [-0.15, -0.1) is 22.0 Å². The first kappa shape index (κ1) is 25.8. The number of nitrogens with one attached hydrogen (secondary N) is 3. The monoisotopic (exact) mass is 529 g/mol. The van der Waals surface area contributed by atoms with Crippen LogP contribution in [0.15, 0.2) is 95.5 Å². The third kappa shape index (κ3) is 7.86. The van der Waals surface area contributed by atoms with Crippen LogP contribution >= 0.6 is 23.1 Å². The van der Waals surface area contributed by atoms with Crippen molar-refractivity contribution in [1.29, 1.82) is 0 Å². The molecule has 0 fully saturated rings. The molecule has 0 aliphatic carbocycles. The highest BCUT2D eigenvalue weighted by Crippen LogP contribution is 2.23. The average molecular weight is 530 g/mol. The molecule has 10 heteroatoms. The highest BCUT2D eigenvalue weighted by molar-refractivity contribution is 8.00. The van der Waals surface area contributed by atoms with Crippen LogP contribution < -0.4 is 16.0 Å². The summed E-state index contributed by atoms with van der Waals surface area (Å²) in [5.41, 5.74) is 1.84. The van der Waals surface area contributed by atoms with E-state index < -0.39 is 5.91 Å². The molecule has 0 atom stereocenters. The van der Waals surface area contributed by atoms with Crippen LogP contribution in [0.3, 0.4) is 0 Å². The number of hydrogen-bond donors (Lipinski definition) is 3. The van der Waals surface area contributed by atoms with Crippen molar-refractivity contribution >= 4 is 57.7 Å². The Balaban J connectivity index is 1.43. The number of anilines is 2. The third-order valence-electron chi connectivity index (χ3n) is 4.87. The molecule has 0 unspecified atom stereocenters. The second-order valence-corrected chi connectivity index (χ2v) is 9.96. The molecule has 186 valence electrons. The largest absolute Gasteiger partial charge is 0.321 e. The Bertz CT molecular complexity index is 1420. The van der Waals surface area contributed by atoms with Crippen LogP contribution in [0, 0.1) is 6.92 Å². The predicted octanol–water partition coefficient (Wildman–Crippen LogP) is 4.99. The van der Waals surface area contributed by atoms with E-state index in [0.29, 0.717) is 16.4 Å². The number of aromatic nitrogens is 2. The number of thioether (sulfide) groups is 1. The van der Waals surface area contributed by atoms with Crippen molar-refractivity contribution in [2.75, 3.05) is 16.4 Å². The van der Waals surface area contributed by atoms with E-state index in [-0.39, 0.29) is 23.3 Å². The lowest BCUT2D eigenvalue weighted by molar-refractivity contribution is -0.114. The van der Waals surface area contributed by atoms with Gasteiger partial charge in [-0.25, -0.2) is 0 Å². The molecule has 0 aliphatic rings. The molecule has 4 rings (SSSR count). The molecular formula is C27H23N5O3S2. The quantitative estimate of drug-likeness (QED) is 0.208. The van der Waals surface area contributed by atoms with Crippen LogP contribution in [0.25, 0.3) is 6.08 Å². The zero-order valence-corrected chi connectivity index (χ0v) is 21.4. The molecule has 8 nitrogen and oxygen atoms in total. The van der Waals surface area contributed by atoms with Crippen LogP contribution in [0.5, 0.6) is 0 Å². The Morgan fingerprint density at radius 3 is 2.32 bits per heavy atom. The van der Waals surface area contributed by atoms with Crippen LogP contribution in [0.4, 0.5) is 10.8 Å². The van der Waals surface area contributed by atoms with E-state index in [9.17, 15) is 14.4 Å². The van der Waals surface area contributed by atoms with E-state index in [0.717, 1.165) is 15.5 Å². The van der Waals surface area contributed by atoms with E-state index in [1.54, 1.807) is 48.5 Å². The van der Waals surface area contributed by atoms with Crippen molar-refractivity contribution in [3.05, 3.63) is 107 Å². The van der Waals surface area contributed by atoms with Gasteiger partial charge in [0.25, 0.3) is 11.8 Å². The Kier molecular flexibility index (Phi) is 8.79. The summed E-state index contributed by atoms with van der Waals surface area (Å²) in [5, 5.41) is 17.3. The maximum Gasteiger partial charge on any atom is 0.272 e. The van der Waals surface area contributed by atoms with Gasteiger partial charge in [0.1, 0.15) is 10.7 Å². The van der Waals surface area contributed by atoms with E-state index in [1.165, 1.54) is 23.1 Å². The fraction of sp³-hybridized carbons (Fsp3) is 0.0741. The van der Waals surface area contributed by atoms with E-state index >= 15 is 0 Å². The molecule has 3 aromatic carbocycles. The minimum absolute atomic E-state index is 0.102. The standard InChI is InChI=1S/C27H23N5O3S2/c1-18-31-32-27(37-18)30-24(33)17-36-22-14-8-13-21(16-22)28-26(35)23(15-19-9-4-2-5-10-19)29-25(34)20-11-6-3-7-12-20/h2-16H,17H2,1H3,(H,28,35)(H,29,34)(H,30,32,33)/b23-15-. The minimum Gasteiger partial charge on any atom is -0.321 e. The Morgan fingerprint density at radius 2 is 1.62 bits per heavy atom. The molecule has 0 aliphatic heterocycles. The van der Waals surface area contributed by atoms with E-state index in [1.807, 2.05) is 49.4 Å². The number of hydrogen-bond acceptors (Lipinski definition) is 7. The van der Waals surface area contributed by atoms with Crippen LogP contribution in [-0.4, -0.2) is 33.7 Å². The summed E-state index contributed by atoms with van der Waals surface area (Å²) >= 11 is 2.63. The summed E-state index contributed by atoms with van der Waals surface area (Å²) in [6.07, 6.45) is 1.62. The molecule has 3 amide bonds. The van der Waals surface area contributed by atoms with Crippen molar-refractivity contribution in [2.45, 2.75) is 11.8 Å². The number of nitrogens with zero attached hydrogens (tertiary/aromatic N) is 2. The molecule has 0 bridgehead atoms. The molecular weight excluding hydrogens is 506 g/mol. The zero-order valence-electron chi connectivity index (χ0n) is 19.8. The van der Waals surface area contributed by atoms with E-state index in [4.69, 9.17) is 0 Å². The molecule has 0 saturated carbocycles. The number of carbonyl (C=O) groups is 3. The Morgan fingerprint density at radius 1 is 0.892 bits per heavy atom. The number of benzene rings is 3. The maximum absolute atomic E-state index is 13.2. The van der Waals surface area contributed by atoms with Gasteiger partial charge in [-0.2, -0.15) is 0 Å². The summed E-state index contributed by atoms with van der Waals surface area (Å²) < 4.78 is 0. The lowest BCUT2D eigenvalue weighted by Crippen LogP contribution is -2.30. The van der Waals surface area contributed by atoms with Gasteiger partial charge in [-0.1, -0.05) is 65.9 Å². The Hall–Kier alpha value is -4.28. The summed E-state index contributed by atoms with van der Waals surface area (Å²) in [6, 6.07) is 25.1. The summed E-state index contributed by atoms with van der Waals surface area (Å²) in [4.78, 5) is 39.0. The second-order valence-electron chi connectivity index (χ2n) is 7.73. The van der Waals surface area contributed by atoms with Crippen LogP contribution in [-0.2, 0) is 9.59 Å². The maximum atomic E-state index is 13.2. The lowest BCUT2D eigenvalue weighted by Gasteiger charge is -2.12. The van der Waals surface area contributed by atoms with Gasteiger partial charge in [0, 0.05) is 16.1 Å². The molecule has 4 aromatic rings. The molecule has 0 radical (unpaired) electrons. The topological polar surface area (TPSA) is 113 Å². The second kappa shape index (κ2) is 12.6. The van der Waals surface area contributed by atoms with E-state index in [2.05, 4.69) is 26.1 Å². The van der Waals surface area contributed by atoms with Gasteiger partial charge in [0.15, 0.2) is 0 Å².